The third-order valence-electron chi connectivity index (χ3n) is 4.66. The number of aliphatic hydroxyl groups is 1. The Bertz CT molecular complexity index is 896. The normalized spacial score (nSPS) is 28.0. The van der Waals surface area contributed by atoms with Gasteiger partial charge in [-0.2, -0.15) is 5.26 Å². The molecule has 6 nitrogen and oxygen atoms in total. The summed E-state index contributed by atoms with van der Waals surface area (Å²) in [5.74, 6) is -5.01. The summed E-state index contributed by atoms with van der Waals surface area (Å²) in [6.45, 7) is 0. The summed E-state index contributed by atoms with van der Waals surface area (Å²) >= 11 is 6.04. The van der Waals surface area contributed by atoms with Crippen molar-refractivity contribution in [3.63, 3.8) is 0 Å². The first kappa shape index (κ1) is 17.9. The van der Waals surface area contributed by atoms with Crippen molar-refractivity contribution in [1.29, 1.82) is 5.26 Å². The Kier molecular flexibility index (Phi) is 4.68. The zero-order valence-corrected chi connectivity index (χ0v) is 14.4. The number of halogens is 1. The highest BCUT2D eigenvalue weighted by molar-refractivity contribution is 6.30. The van der Waals surface area contributed by atoms with Gasteiger partial charge in [0.2, 0.25) is 11.8 Å². The molecule has 0 spiro atoms. The van der Waals surface area contributed by atoms with Crippen LogP contribution < -0.4 is 11.1 Å². The van der Waals surface area contributed by atoms with Gasteiger partial charge in [-0.1, -0.05) is 54.1 Å². The van der Waals surface area contributed by atoms with E-state index in [0.717, 1.165) is 0 Å². The summed E-state index contributed by atoms with van der Waals surface area (Å²) in [4.78, 5) is 24.6. The molecule has 0 saturated carbocycles. The minimum atomic E-state index is -1.97. The molecule has 1 saturated heterocycles. The van der Waals surface area contributed by atoms with E-state index in [-0.39, 0.29) is 0 Å². The van der Waals surface area contributed by atoms with E-state index in [1.807, 2.05) is 0 Å². The number of nitrogens with one attached hydrogen (secondary N) is 1. The summed E-state index contributed by atoms with van der Waals surface area (Å²) in [6.07, 6.45) is 0. The molecular weight excluding hydrogens is 354 g/mol. The molecule has 1 fully saturated rings. The van der Waals surface area contributed by atoms with E-state index >= 15 is 0 Å². The average molecular weight is 370 g/mol. The number of hydrogen-bond acceptors (Lipinski definition) is 4. The van der Waals surface area contributed by atoms with Crippen molar-refractivity contribution < 1.29 is 14.7 Å². The van der Waals surface area contributed by atoms with Crippen molar-refractivity contribution in [1.82, 2.24) is 5.32 Å². The number of nitrogens with zero attached hydrogens (tertiary/aromatic N) is 1. The Morgan fingerprint density at radius 2 is 1.92 bits per heavy atom. The molecule has 2 amide bonds. The first-order chi connectivity index (χ1) is 12.4. The second-order valence-electron chi connectivity index (χ2n) is 6.19. The summed E-state index contributed by atoms with van der Waals surface area (Å²) in [7, 11) is 0. The van der Waals surface area contributed by atoms with Gasteiger partial charge in [-0.15, -0.1) is 0 Å². The number of amides is 2. The highest BCUT2D eigenvalue weighted by atomic mass is 35.5. The molecule has 0 radical (unpaired) electrons. The largest absolute Gasteiger partial charge is 0.369 e. The molecule has 0 unspecified atom stereocenters. The second kappa shape index (κ2) is 6.79. The smallest absolute Gasteiger partial charge is 0.235 e. The van der Waals surface area contributed by atoms with Crippen LogP contribution >= 0.6 is 11.6 Å². The van der Waals surface area contributed by atoms with Gasteiger partial charge in [0.1, 0.15) is 11.8 Å². The van der Waals surface area contributed by atoms with E-state index in [9.17, 15) is 20.0 Å². The quantitative estimate of drug-likeness (QED) is 0.713. The van der Waals surface area contributed by atoms with Crippen molar-refractivity contribution in [3.8, 4) is 6.07 Å². The van der Waals surface area contributed by atoms with Crippen LogP contribution in [-0.2, 0) is 15.3 Å². The van der Waals surface area contributed by atoms with Gasteiger partial charge < -0.3 is 16.2 Å². The van der Waals surface area contributed by atoms with E-state index < -0.39 is 35.3 Å². The maximum Gasteiger partial charge on any atom is 0.235 e. The molecule has 1 heterocycles. The predicted octanol–water partition coefficient (Wildman–Crippen LogP) is 1.64. The van der Waals surface area contributed by atoms with Gasteiger partial charge in [0.05, 0.1) is 6.07 Å². The number of benzene rings is 2. The van der Waals surface area contributed by atoms with E-state index in [4.69, 9.17) is 17.3 Å². The maximum absolute atomic E-state index is 12.6. The molecule has 2 aromatic rings. The second-order valence-corrected chi connectivity index (χ2v) is 6.63. The Morgan fingerprint density at radius 3 is 2.50 bits per heavy atom. The fraction of sp³-hybridized carbons (Fsp3) is 0.211. The van der Waals surface area contributed by atoms with E-state index in [0.29, 0.717) is 16.1 Å². The molecule has 0 bridgehead atoms. The molecule has 4 atom stereocenters. The van der Waals surface area contributed by atoms with Gasteiger partial charge in [-0.05, 0) is 17.7 Å². The van der Waals surface area contributed by atoms with Gasteiger partial charge in [-0.3, -0.25) is 9.59 Å². The van der Waals surface area contributed by atoms with Gasteiger partial charge in [0.25, 0.3) is 0 Å². The average Bonchev–Trinajstić information content (AvgIpc) is 2.61. The van der Waals surface area contributed by atoms with Gasteiger partial charge in [-0.25, -0.2) is 0 Å². The van der Waals surface area contributed by atoms with Gasteiger partial charge in [0.15, 0.2) is 5.72 Å². The van der Waals surface area contributed by atoms with Crippen molar-refractivity contribution in [2.24, 2.45) is 17.6 Å². The molecule has 132 valence electrons. The molecule has 26 heavy (non-hydrogen) atoms. The molecular formula is C19H16ClN3O3. The van der Waals surface area contributed by atoms with Crippen LogP contribution in [0.2, 0.25) is 5.02 Å². The Labute approximate surface area is 155 Å². The monoisotopic (exact) mass is 369 g/mol. The summed E-state index contributed by atoms with van der Waals surface area (Å²) in [5.41, 5.74) is 4.30. The van der Waals surface area contributed by atoms with E-state index in [1.165, 1.54) is 0 Å². The highest BCUT2D eigenvalue weighted by Gasteiger charge is 2.55. The molecule has 1 aliphatic heterocycles. The molecule has 7 heteroatoms. The lowest BCUT2D eigenvalue weighted by Gasteiger charge is -2.44. The van der Waals surface area contributed by atoms with Crippen LogP contribution in [0.15, 0.2) is 54.6 Å². The number of carbonyl (C=O) groups excluding carboxylic acids is 2. The van der Waals surface area contributed by atoms with Crippen LogP contribution in [-0.4, -0.2) is 16.9 Å². The lowest BCUT2D eigenvalue weighted by atomic mass is 9.67. The fourth-order valence-corrected chi connectivity index (χ4v) is 3.68. The number of nitriles is 1. The van der Waals surface area contributed by atoms with Crippen LogP contribution in [0.1, 0.15) is 17.0 Å². The van der Waals surface area contributed by atoms with Crippen LogP contribution in [0, 0.1) is 23.2 Å². The van der Waals surface area contributed by atoms with Crippen LogP contribution in [0.5, 0.6) is 0 Å². The molecule has 0 aliphatic carbocycles. The number of nitrogens with two attached hydrogens (primary N) is 1. The van der Waals surface area contributed by atoms with Crippen molar-refractivity contribution in [2.45, 2.75) is 11.6 Å². The first-order valence-corrected chi connectivity index (χ1v) is 8.30. The van der Waals surface area contributed by atoms with E-state index in [2.05, 4.69) is 11.4 Å². The minimum absolute atomic E-state index is 0.342. The third-order valence-corrected chi connectivity index (χ3v) is 4.89. The Morgan fingerprint density at radius 1 is 1.23 bits per heavy atom. The SMILES string of the molecule is N#C[C@H]1[C@H](c2cccc(Cl)c2)[C@H](C(N)=O)C(=O)N[C@]1(O)c1ccccc1. The van der Waals surface area contributed by atoms with Crippen LogP contribution in [0.25, 0.3) is 0 Å². The number of primary amides is 1. The maximum atomic E-state index is 12.6. The zero-order chi connectivity index (χ0) is 18.9. The molecule has 4 N–H and O–H groups in total. The zero-order valence-electron chi connectivity index (χ0n) is 13.6. The molecule has 2 aromatic carbocycles. The number of carbonyl (C=O) groups is 2. The van der Waals surface area contributed by atoms with Gasteiger partial charge >= 0.3 is 0 Å². The summed E-state index contributed by atoms with van der Waals surface area (Å²) < 4.78 is 0. The fourth-order valence-electron chi connectivity index (χ4n) is 3.48. The lowest BCUT2D eigenvalue weighted by Crippen LogP contribution is -2.62. The highest BCUT2D eigenvalue weighted by Crippen LogP contribution is 2.45. The lowest BCUT2D eigenvalue weighted by molar-refractivity contribution is -0.153. The van der Waals surface area contributed by atoms with Crippen molar-refractivity contribution >= 4 is 23.4 Å². The topological polar surface area (TPSA) is 116 Å². The minimum Gasteiger partial charge on any atom is -0.369 e. The number of piperidine rings is 1. The van der Waals surface area contributed by atoms with Gasteiger partial charge in [0, 0.05) is 16.5 Å². The van der Waals surface area contributed by atoms with E-state index in [1.54, 1.807) is 54.6 Å². The van der Waals surface area contributed by atoms with Crippen molar-refractivity contribution in [2.75, 3.05) is 0 Å². The number of rotatable bonds is 3. The standard InChI is InChI=1S/C19H16ClN3O3/c20-13-8-4-5-11(9-13)15-14(10-21)19(26,12-6-2-1-3-7-12)23-18(25)16(15)17(22)24/h1-9,14-16,26H,(H2,22,24)(H,23,25)/t14-,15-,16+,19-/m0/s1. The predicted molar refractivity (Wildman–Crippen MR) is 94.5 cm³/mol. The number of hydrogen-bond donors (Lipinski definition) is 3. The van der Waals surface area contributed by atoms with Crippen LogP contribution in [0.3, 0.4) is 0 Å². The van der Waals surface area contributed by atoms with Crippen molar-refractivity contribution in [3.05, 3.63) is 70.7 Å². The molecule has 0 aromatic heterocycles. The summed E-state index contributed by atoms with van der Waals surface area (Å²) in [5, 5.41) is 23.9. The molecule has 3 rings (SSSR count). The molecule has 1 aliphatic rings. The Balaban J connectivity index is 2.20. The third kappa shape index (κ3) is 2.92. The van der Waals surface area contributed by atoms with Crippen LogP contribution in [0.4, 0.5) is 0 Å². The first-order valence-electron chi connectivity index (χ1n) is 7.93. The Hall–Kier alpha value is -2.88. The summed E-state index contributed by atoms with van der Waals surface area (Å²) in [6, 6.07) is 16.9.